The van der Waals surface area contributed by atoms with E-state index in [1.807, 2.05) is 12.2 Å². The summed E-state index contributed by atoms with van der Waals surface area (Å²) in [6.07, 6.45) is 10.9. The Hall–Kier alpha value is -0.315. The summed E-state index contributed by atoms with van der Waals surface area (Å²) in [6.45, 7) is 0. The van der Waals surface area contributed by atoms with Crippen LogP contribution in [0.3, 0.4) is 0 Å². The van der Waals surface area contributed by atoms with Gasteiger partial charge in [-0.15, -0.1) is 0 Å². The zero-order valence-electron chi connectivity index (χ0n) is 7.79. The Morgan fingerprint density at radius 2 is 2.29 bits per heavy atom. The van der Waals surface area contributed by atoms with Crippen LogP contribution in [-0.2, 0) is 0 Å². The fraction of sp³-hybridized carbons (Fsp3) is 0.273. The molecule has 0 fully saturated rings. The molecule has 0 amide bonds. The molecule has 73 valence electrons. The van der Waals surface area contributed by atoms with Crippen molar-refractivity contribution in [2.75, 3.05) is 0 Å². The summed E-state index contributed by atoms with van der Waals surface area (Å²) in [7, 11) is 2.18. The van der Waals surface area contributed by atoms with E-state index < -0.39 is 6.17 Å². The molecule has 1 atom stereocenters. The van der Waals surface area contributed by atoms with E-state index in [1.165, 1.54) is 7.16 Å². The topological polar surface area (TPSA) is 0 Å². The quantitative estimate of drug-likeness (QED) is 0.489. The predicted octanol–water partition coefficient (Wildman–Crippen LogP) is -0.209. The number of halogens is 2. The second kappa shape index (κ2) is 4.96. The third-order valence-corrected chi connectivity index (χ3v) is 4.81. The van der Waals surface area contributed by atoms with Crippen molar-refractivity contribution in [1.82, 2.24) is 0 Å². The van der Waals surface area contributed by atoms with Crippen LogP contribution in [0.25, 0.3) is 0 Å². The number of rotatable bonds is 2. The number of hydrogen-bond donors (Lipinski definition) is 0. The van der Waals surface area contributed by atoms with E-state index in [9.17, 15) is 4.39 Å². The fourth-order valence-corrected chi connectivity index (χ4v) is 3.77. The van der Waals surface area contributed by atoms with Crippen molar-refractivity contribution in [3.05, 3.63) is 43.5 Å². The first-order chi connectivity index (χ1) is 6.84. The van der Waals surface area contributed by atoms with E-state index in [4.69, 9.17) is 0 Å². The molecule has 14 heavy (non-hydrogen) atoms. The van der Waals surface area contributed by atoms with Crippen molar-refractivity contribution in [3.63, 3.8) is 0 Å². The van der Waals surface area contributed by atoms with Crippen molar-refractivity contribution in [2.24, 2.45) is 0 Å². The van der Waals surface area contributed by atoms with Crippen LogP contribution in [0.1, 0.15) is 6.42 Å². The Labute approximate surface area is 95.2 Å². The zero-order chi connectivity index (χ0) is 9.80. The van der Waals surface area contributed by atoms with Crippen LogP contribution in [0.4, 0.5) is 4.39 Å². The Kier molecular flexibility index (Phi) is 3.62. The molecule has 3 heteroatoms. The molecule has 0 aromatic carbocycles. The maximum atomic E-state index is 12.8. The van der Waals surface area contributed by atoms with Crippen LogP contribution < -0.4 is 21.2 Å². The van der Waals surface area contributed by atoms with E-state index in [1.54, 1.807) is 6.08 Å². The van der Waals surface area contributed by atoms with Crippen molar-refractivity contribution in [1.29, 1.82) is 0 Å². The standard InChI is InChI=1S/C11H11BFI/c13-9-3-5-10(6-4-9)14-11-2-1-7-12-8-11/h1-3,5-6,8-9H,4,7H2/q-1. The van der Waals surface area contributed by atoms with E-state index in [0.29, 0.717) is 6.42 Å². The molecule has 1 radical (unpaired) electrons. The Balaban J connectivity index is 1.95. The van der Waals surface area contributed by atoms with Gasteiger partial charge in [-0.25, -0.2) is 0 Å². The van der Waals surface area contributed by atoms with Gasteiger partial charge < -0.3 is 0 Å². The molecule has 0 saturated heterocycles. The number of allylic oxidation sites excluding steroid dienone is 7. The summed E-state index contributed by atoms with van der Waals surface area (Å²) in [5.41, 5.74) is 0. The second-order valence-electron chi connectivity index (χ2n) is 3.22. The molecule has 0 aromatic heterocycles. The third kappa shape index (κ3) is 2.84. The molecule has 1 unspecified atom stereocenters. The third-order valence-electron chi connectivity index (χ3n) is 2.05. The zero-order valence-corrected chi connectivity index (χ0v) is 9.95. The molecule has 0 nitrogen and oxygen atoms in total. The van der Waals surface area contributed by atoms with Crippen LogP contribution in [0.2, 0.25) is 6.32 Å². The van der Waals surface area contributed by atoms with Gasteiger partial charge in [0.15, 0.2) is 0 Å². The first kappa shape index (κ1) is 10.2. The van der Waals surface area contributed by atoms with Crippen molar-refractivity contribution < 1.29 is 25.6 Å². The van der Waals surface area contributed by atoms with Crippen molar-refractivity contribution in [2.45, 2.75) is 18.9 Å². The molecule has 0 N–H and O–H groups in total. The van der Waals surface area contributed by atoms with Gasteiger partial charge in [-0.1, -0.05) is 0 Å². The van der Waals surface area contributed by atoms with E-state index >= 15 is 0 Å². The molecule has 2 aliphatic rings. The minimum atomic E-state index is -0.759. The summed E-state index contributed by atoms with van der Waals surface area (Å²) >= 11 is -0.0862. The van der Waals surface area contributed by atoms with Crippen LogP contribution in [0, 0.1) is 0 Å². The normalized spacial score (nSPS) is 25.6. The van der Waals surface area contributed by atoms with Crippen molar-refractivity contribution >= 4 is 7.28 Å². The first-order valence-corrected chi connectivity index (χ1v) is 6.87. The van der Waals surface area contributed by atoms with E-state index in [-0.39, 0.29) is 21.2 Å². The summed E-state index contributed by atoms with van der Waals surface area (Å²) in [5, 5.41) is 0. The van der Waals surface area contributed by atoms with Gasteiger partial charge in [-0.3, -0.25) is 0 Å². The van der Waals surface area contributed by atoms with Gasteiger partial charge in [0, 0.05) is 0 Å². The average Bonchev–Trinajstić information content (AvgIpc) is 2.23. The first-order valence-electron chi connectivity index (χ1n) is 4.72. The van der Waals surface area contributed by atoms with Gasteiger partial charge in [0.1, 0.15) is 0 Å². The molecule has 2 rings (SSSR count). The van der Waals surface area contributed by atoms with Crippen LogP contribution >= 0.6 is 0 Å². The molecule has 0 spiro atoms. The molecule has 1 aliphatic heterocycles. The Morgan fingerprint density at radius 3 is 2.93 bits per heavy atom. The average molecular weight is 300 g/mol. The van der Waals surface area contributed by atoms with Gasteiger partial charge in [0.2, 0.25) is 0 Å². The minimum absolute atomic E-state index is 0.0862. The van der Waals surface area contributed by atoms with E-state index in [0.717, 1.165) is 6.32 Å². The molecule has 0 aromatic rings. The maximum absolute atomic E-state index is 12.8. The summed E-state index contributed by atoms with van der Waals surface area (Å²) in [6, 6.07) is 0. The number of hydrogen-bond acceptors (Lipinski definition) is 0. The van der Waals surface area contributed by atoms with Gasteiger partial charge in [0.25, 0.3) is 0 Å². The second-order valence-corrected chi connectivity index (χ2v) is 6.25. The molecular formula is C11H11BFI-. The van der Waals surface area contributed by atoms with Gasteiger partial charge in [-0.05, 0) is 0 Å². The molecule has 0 bridgehead atoms. The van der Waals surface area contributed by atoms with Crippen LogP contribution in [-0.4, -0.2) is 13.5 Å². The fourth-order valence-electron chi connectivity index (χ4n) is 1.32. The SMILES string of the molecule is FC1C=CC([I-]C2=C[B]CC=C2)=CC1. The van der Waals surface area contributed by atoms with E-state index in [2.05, 4.69) is 25.4 Å². The summed E-state index contributed by atoms with van der Waals surface area (Å²) in [4.78, 5) is 0. The molecule has 0 saturated carbocycles. The van der Waals surface area contributed by atoms with Gasteiger partial charge in [-0.2, -0.15) is 0 Å². The summed E-state index contributed by atoms with van der Waals surface area (Å²) < 4.78 is 15.5. The Morgan fingerprint density at radius 1 is 1.36 bits per heavy atom. The molecular weight excluding hydrogens is 289 g/mol. The monoisotopic (exact) mass is 300 g/mol. The van der Waals surface area contributed by atoms with Crippen LogP contribution in [0.15, 0.2) is 43.5 Å². The number of alkyl halides is 1. The molecule has 1 heterocycles. The summed E-state index contributed by atoms with van der Waals surface area (Å²) in [5.74, 6) is 2.20. The van der Waals surface area contributed by atoms with Gasteiger partial charge >= 0.3 is 95.3 Å². The molecule has 1 aliphatic carbocycles. The van der Waals surface area contributed by atoms with Gasteiger partial charge in [0.05, 0.1) is 0 Å². The predicted molar refractivity (Wildman–Crippen MR) is 54.5 cm³/mol. The van der Waals surface area contributed by atoms with Crippen LogP contribution in [0.5, 0.6) is 0 Å². The van der Waals surface area contributed by atoms with Crippen molar-refractivity contribution in [3.8, 4) is 0 Å². The Bertz CT molecular complexity index is 328.